The second-order valence-electron chi connectivity index (χ2n) is 3.94. The highest BCUT2D eigenvalue weighted by Gasteiger charge is 2.10. The normalized spacial score (nSPS) is 10.8. The SMILES string of the molecule is CCn1nnc2c(Nc3cccc(Br)c3)ncnc21. The zero-order valence-corrected chi connectivity index (χ0v) is 11.8. The molecule has 3 aromatic rings. The van der Waals surface area contributed by atoms with Gasteiger partial charge in [-0.2, -0.15) is 0 Å². The van der Waals surface area contributed by atoms with Crippen molar-refractivity contribution in [3.63, 3.8) is 0 Å². The lowest BCUT2D eigenvalue weighted by molar-refractivity contribution is 0.641. The molecule has 0 radical (unpaired) electrons. The lowest BCUT2D eigenvalue weighted by Gasteiger charge is -2.05. The second kappa shape index (κ2) is 4.93. The highest BCUT2D eigenvalue weighted by Crippen LogP contribution is 2.22. The third-order valence-corrected chi connectivity index (χ3v) is 3.18. The van der Waals surface area contributed by atoms with Gasteiger partial charge in [0.05, 0.1) is 0 Å². The van der Waals surface area contributed by atoms with E-state index in [9.17, 15) is 0 Å². The Morgan fingerprint density at radius 1 is 1.32 bits per heavy atom. The van der Waals surface area contributed by atoms with Crippen LogP contribution in [0, 0.1) is 0 Å². The molecule has 6 nitrogen and oxygen atoms in total. The fourth-order valence-electron chi connectivity index (χ4n) is 1.80. The van der Waals surface area contributed by atoms with Gasteiger partial charge in [-0.15, -0.1) is 5.10 Å². The van der Waals surface area contributed by atoms with Gasteiger partial charge in [-0.1, -0.05) is 27.2 Å². The molecule has 96 valence electrons. The van der Waals surface area contributed by atoms with Gasteiger partial charge in [0.1, 0.15) is 6.33 Å². The van der Waals surface area contributed by atoms with E-state index in [1.165, 1.54) is 6.33 Å². The minimum Gasteiger partial charge on any atom is -0.338 e. The number of hydrogen-bond donors (Lipinski definition) is 1. The van der Waals surface area contributed by atoms with E-state index in [1.807, 2.05) is 31.2 Å². The van der Waals surface area contributed by atoms with Crippen LogP contribution in [0.25, 0.3) is 11.2 Å². The summed E-state index contributed by atoms with van der Waals surface area (Å²) in [5.74, 6) is 0.655. The van der Waals surface area contributed by atoms with Gasteiger partial charge in [0.2, 0.25) is 0 Å². The molecule has 0 aliphatic rings. The summed E-state index contributed by atoms with van der Waals surface area (Å²) in [5.41, 5.74) is 2.33. The Hall–Kier alpha value is -2.02. The number of aromatic nitrogens is 5. The van der Waals surface area contributed by atoms with Gasteiger partial charge >= 0.3 is 0 Å². The average molecular weight is 319 g/mol. The molecule has 3 rings (SSSR count). The van der Waals surface area contributed by atoms with Gasteiger partial charge < -0.3 is 5.32 Å². The van der Waals surface area contributed by atoms with Crippen LogP contribution in [-0.4, -0.2) is 25.0 Å². The van der Waals surface area contributed by atoms with Crippen molar-refractivity contribution < 1.29 is 0 Å². The molecule has 0 saturated carbocycles. The maximum absolute atomic E-state index is 4.23. The Morgan fingerprint density at radius 2 is 2.21 bits per heavy atom. The molecule has 0 bridgehead atoms. The third-order valence-electron chi connectivity index (χ3n) is 2.69. The number of aryl methyl sites for hydroxylation is 1. The summed E-state index contributed by atoms with van der Waals surface area (Å²) in [4.78, 5) is 8.44. The van der Waals surface area contributed by atoms with E-state index in [0.717, 1.165) is 22.4 Å². The van der Waals surface area contributed by atoms with E-state index in [-0.39, 0.29) is 0 Å². The molecule has 0 unspecified atom stereocenters. The molecular formula is C12H11BrN6. The Balaban J connectivity index is 2.03. The smallest absolute Gasteiger partial charge is 0.183 e. The van der Waals surface area contributed by atoms with Crippen LogP contribution in [-0.2, 0) is 6.54 Å². The van der Waals surface area contributed by atoms with Crippen molar-refractivity contribution in [2.24, 2.45) is 0 Å². The molecule has 2 aromatic heterocycles. The Morgan fingerprint density at radius 3 is 3.00 bits per heavy atom. The maximum Gasteiger partial charge on any atom is 0.183 e. The number of halogens is 1. The van der Waals surface area contributed by atoms with Crippen LogP contribution in [0.3, 0.4) is 0 Å². The van der Waals surface area contributed by atoms with E-state index < -0.39 is 0 Å². The lowest BCUT2D eigenvalue weighted by Crippen LogP contribution is -1.99. The summed E-state index contributed by atoms with van der Waals surface area (Å²) in [7, 11) is 0. The van der Waals surface area contributed by atoms with Crippen molar-refractivity contribution in [3.8, 4) is 0 Å². The molecule has 1 aromatic carbocycles. The summed E-state index contributed by atoms with van der Waals surface area (Å²) >= 11 is 3.44. The predicted octanol–water partition coefficient (Wildman–Crippen LogP) is 2.75. The third kappa shape index (κ3) is 2.28. The zero-order chi connectivity index (χ0) is 13.2. The van der Waals surface area contributed by atoms with E-state index in [0.29, 0.717) is 11.3 Å². The van der Waals surface area contributed by atoms with Crippen LogP contribution in [0.5, 0.6) is 0 Å². The number of nitrogens with zero attached hydrogens (tertiary/aromatic N) is 5. The van der Waals surface area contributed by atoms with Crippen molar-refractivity contribution in [1.29, 1.82) is 0 Å². The molecule has 0 spiro atoms. The molecular weight excluding hydrogens is 308 g/mol. The minimum atomic E-state index is 0.655. The fraction of sp³-hybridized carbons (Fsp3) is 0.167. The summed E-state index contributed by atoms with van der Waals surface area (Å²) in [6.07, 6.45) is 1.51. The van der Waals surface area contributed by atoms with Crippen LogP contribution in [0.2, 0.25) is 0 Å². The van der Waals surface area contributed by atoms with Crippen LogP contribution >= 0.6 is 15.9 Å². The first-order valence-corrected chi connectivity index (χ1v) is 6.64. The summed E-state index contributed by atoms with van der Waals surface area (Å²) in [6, 6.07) is 7.85. The highest BCUT2D eigenvalue weighted by molar-refractivity contribution is 9.10. The topological polar surface area (TPSA) is 68.5 Å². The van der Waals surface area contributed by atoms with Crippen LogP contribution in [0.15, 0.2) is 35.1 Å². The molecule has 0 fully saturated rings. The van der Waals surface area contributed by atoms with E-state index in [2.05, 4.69) is 41.5 Å². The van der Waals surface area contributed by atoms with Crippen molar-refractivity contribution >= 4 is 38.6 Å². The van der Waals surface area contributed by atoms with Crippen molar-refractivity contribution in [3.05, 3.63) is 35.1 Å². The molecule has 19 heavy (non-hydrogen) atoms. The molecule has 2 heterocycles. The molecule has 1 N–H and O–H groups in total. The number of nitrogens with one attached hydrogen (secondary N) is 1. The van der Waals surface area contributed by atoms with E-state index in [1.54, 1.807) is 4.68 Å². The molecule has 0 atom stereocenters. The lowest BCUT2D eigenvalue weighted by atomic mass is 10.3. The minimum absolute atomic E-state index is 0.655. The summed E-state index contributed by atoms with van der Waals surface area (Å²) < 4.78 is 2.74. The summed E-state index contributed by atoms with van der Waals surface area (Å²) in [6.45, 7) is 2.72. The first-order valence-electron chi connectivity index (χ1n) is 5.84. The number of fused-ring (bicyclic) bond motifs is 1. The quantitative estimate of drug-likeness (QED) is 0.804. The molecule has 0 aliphatic heterocycles. The zero-order valence-electron chi connectivity index (χ0n) is 10.2. The van der Waals surface area contributed by atoms with Gasteiger partial charge in [-0.3, -0.25) is 0 Å². The molecule has 0 aliphatic carbocycles. The molecule has 0 amide bonds. The number of benzene rings is 1. The van der Waals surface area contributed by atoms with Crippen molar-refractivity contribution in [2.75, 3.05) is 5.32 Å². The number of hydrogen-bond acceptors (Lipinski definition) is 5. The van der Waals surface area contributed by atoms with Crippen LogP contribution in [0.1, 0.15) is 6.92 Å². The molecule has 7 heteroatoms. The largest absolute Gasteiger partial charge is 0.338 e. The van der Waals surface area contributed by atoms with Gasteiger partial charge in [0.25, 0.3) is 0 Å². The Kier molecular flexibility index (Phi) is 3.12. The van der Waals surface area contributed by atoms with Crippen molar-refractivity contribution in [1.82, 2.24) is 25.0 Å². The van der Waals surface area contributed by atoms with Gasteiger partial charge in [0, 0.05) is 16.7 Å². The average Bonchev–Trinajstić information content (AvgIpc) is 2.83. The van der Waals surface area contributed by atoms with Crippen molar-refractivity contribution in [2.45, 2.75) is 13.5 Å². The Labute approximate surface area is 118 Å². The first-order chi connectivity index (χ1) is 9.28. The monoisotopic (exact) mass is 318 g/mol. The van der Waals surface area contributed by atoms with Gasteiger partial charge in [-0.05, 0) is 25.1 Å². The van der Waals surface area contributed by atoms with Crippen LogP contribution in [0.4, 0.5) is 11.5 Å². The van der Waals surface area contributed by atoms with Crippen LogP contribution < -0.4 is 5.32 Å². The van der Waals surface area contributed by atoms with E-state index >= 15 is 0 Å². The Bertz CT molecular complexity index is 723. The number of rotatable bonds is 3. The van der Waals surface area contributed by atoms with E-state index in [4.69, 9.17) is 0 Å². The maximum atomic E-state index is 4.23. The summed E-state index contributed by atoms with van der Waals surface area (Å²) in [5, 5.41) is 11.4. The van der Waals surface area contributed by atoms with Gasteiger partial charge in [-0.25, -0.2) is 14.6 Å². The first kappa shape index (κ1) is 12.0. The fourth-order valence-corrected chi connectivity index (χ4v) is 2.20. The standard InChI is InChI=1S/C12H11BrN6/c1-2-19-12-10(17-18-19)11(14-7-15-12)16-9-5-3-4-8(13)6-9/h3-7H,2H2,1H3,(H,14,15,16). The van der Waals surface area contributed by atoms with Gasteiger partial charge in [0.15, 0.2) is 17.0 Å². The second-order valence-corrected chi connectivity index (χ2v) is 4.85. The highest BCUT2D eigenvalue weighted by atomic mass is 79.9. The molecule has 0 saturated heterocycles. The number of anilines is 2. The predicted molar refractivity (Wildman–Crippen MR) is 76.2 cm³/mol.